The number of carbonyl (C=O) groups excluding carboxylic acids is 1. The molecule has 0 bridgehead atoms. The summed E-state index contributed by atoms with van der Waals surface area (Å²) in [7, 11) is 0. The fourth-order valence-electron chi connectivity index (χ4n) is 2.93. The van der Waals surface area contributed by atoms with Gasteiger partial charge in [-0.1, -0.05) is 24.6 Å². The molecule has 1 unspecified atom stereocenters. The number of halogens is 1. The summed E-state index contributed by atoms with van der Waals surface area (Å²) in [6, 6.07) is 6.10. The zero-order valence-corrected chi connectivity index (χ0v) is 15.7. The van der Waals surface area contributed by atoms with Crippen molar-refractivity contribution in [3.63, 3.8) is 0 Å². The predicted octanol–water partition coefficient (Wildman–Crippen LogP) is 3.87. The van der Waals surface area contributed by atoms with Crippen molar-refractivity contribution in [3.05, 3.63) is 28.8 Å². The number of piperidine rings is 1. The molecule has 1 aromatic rings. The third-order valence-corrected chi connectivity index (χ3v) is 4.95. The van der Waals surface area contributed by atoms with Crippen LogP contribution in [0.1, 0.15) is 45.6 Å². The van der Waals surface area contributed by atoms with Gasteiger partial charge in [-0.05, 0) is 62.9 Å². The van der Waals surface area contributed by atoms with Crippen LogP contribution in [0.15, 0.2) is 18.2 Å². The summed E-state index contributed by atoms with van der Waals surface area (Å²) in [5.41, 5.74) is 1.22. The van der Waals surface area contributed by atoms with Crippen LogP contribution < -0.4 is 10.1 Å². The molecule has 5 heteroatoms. The van der Waals surface area contributed by atoms with Crippen LogP contribution in [-0.2, 0) is 11.3 Å². The smallest absolute Gasteiger partial charge is 0.216 e. The SMILES string of the molecule is CCC(C)Oc1ccc(CN2CCC(CNC(C)=O)CC2)cc1Cl. The van der Waals surface area contributed by atoms with Crippen LogP contribution in [0.5, 0.6) is 5.75 Å². The molecule has 2 rings (SSSR count). The van der Waals surface area contributed by atoms with Gasteiger partial charge in [0.05, 0.1) is 11.1 Å². The third-order valence-electron chi connectivity index (χ3n) is 4.65. The van der Waals surface area contributed by atoms with Crippen LogP contribution in [0, 0.1) is 5.92 Å². The Morgan fingerprint density at radius 3 is 2.71 bits per heavy atom. The van der Waals surface area contributed by atoms with Gasteiger partial charge in [-0.2, -0.15) is 0 Å². The van der Waals surface area contributed by atoms with E-state index in [9.17, 15) is 4.79 Å². The maximum Gasteiger partial charge on any atom is 0.216 e. The Labute approximate surface area is 150 Å². The van der Waals surface area contributed by atoms with E-state index < -0.39 is 0 Å². The van der Waals surface area contributed by atoms with Gasteiger partial charge < -0.3 is 10.1 Å². The zero-order chi connectivity index (χ0) is 17.5. The summed E-state index contributed by atoms with van der Waals surface area (Å²) in [5.74, 6) is 1.43. The number of amides is 1. The third kappa shape index (κ3) is 5.99. The Bertz CT molecular complexity index is 542. The molecule has 1 fully saturated rings. The van der Waals surface area contributed by atoms with Crippen molar-refractivity contribution in [2.45, 2.75) is 52.7 Å². The summed E-state index contributed by atoms with van der Waals surface area (Å²) in [6.45, 7) is 9.57. The van der Waals surface area contributed by atoms with E-state index >= 15 is 0 Å². The first-order valence-electron chi connectivity index (χ1n) is 8.89. The van der Waals surface area contributed by atoms with Gasteiger partial charge in [-0.15, -0.1) is 0 Å². The number of rotatable bonds is 7. The number of hydrogen-bond donors (Lipinski definition) is 1. The summed E-state index contributed by atoms with van der Waals surface area (Å²) in [6.07, 6.45) is 3.40. The van der Waals surface area contributed by atoms with Crippen LogP contribution in [0.25, 0.3) is 0 Å². The van der Waals surface area contributed by atoms with Gasteiger partial charge in [0.15, 0.2) is 0 Å². The summed E-state index contributed by atoms with van der Waals surface area (Å²) in [5, 5.41) is 3.61. The fraction of sp³-hybridized carbons (Fsp3) is 0.632. The van der Waals surface area contributed by atoms with Crippen molar-refractivity contribution in [1.82, 2.24) is 10.2 Å². The number of likely N-dealkylation sites (tertiary alicyclic amines) is 1. The Balaban J connectivity index is 1.82. The lowest BCUT2D eigenvalue weighted by molar-refractivity contribution is -0.119. The van der Waals surface area contributed by atoms with E-state index in [2.05, 4.69) is 30.1 Å². The molecular formula is C19H29ClN2O2. The first-order chi connectivity index (χ1) is 11.5. The minimum absolute atomic E-state index is 0.0618. The molecule has 1 saturated heterocycles. The van der Waals surface area contributed by atoms with E-state index in [1.807, 2.05) is 12.1 Å². The number of hydrogen-bond acceptors (Lipinski definition) is 3. The van der Waals surface area contributed by atoms with E-state index in [1.165, 1.54) is 5.56 Å². The molecule has 0 spiro atoms. The van der Waals surface area contributed by atoms with Crippen molar-refractivity contribution >= 4 is 17.5 Å². The highest BCUT2D eigenvalue weighted by Gasteiger charge is 2.19. The second-order valence-electron chi connectivity index (χ2n) is 6.76. The second kappa shape index (κ2) is 9.28. The topological polar surface area (TPSA) is 41.6 Å². The lowest BCUT2D eigenvalue weighted by atomic mass is 9.96. The first-order valence-corrected chi connectivity index (χ1v) is 9.27. The quantitative estimate of drug-likeness (QED) is 0.810. The van der Waals surface area contributed by atoms with E-state index in [4.69, 9.17) is 16.3 Å². The second-order valence-corrected chi connectivity index (χ2v) is 7.17. The number of carbonyl (C=O) groups is 1. The molecule has 1 aromatic carbocycles. The molecule has 24 heavy (non-hydrogen) atoms. The molecule has 0 saturated carbocycles. The van der Waals surface area contributed by atoms with Gasteiger partial charge in [0, 0.05) is 20.0 Å². The molecule has 0 aromatic heterocycles. The molecule has 1 aliphatic rings. The molecule has 1 N–H and O–H groups in total. The average molecular weight is 353 g/mol. The van der Waals surface area contributed by atoms with Gasteiger partial charge in [0.25, 0.3) is 0 Å². The maximum absolute atomic E-state index is 11.0. The Hall–Kier alpha value is -1.26. The van der Waals surface area contributed by atoms with Crippen molar-refractivity contribution in [2.24, 2.45) is 5.92 Å². The highest BCUT2D eigenvalue weighted by atomic mass is 35.5. The van der Waals surface area contributed by atoms with Crippen LogP contribution in [0.4, 0.5) is 0 Å². The van der Waals surface area contributed by atoms with Gasteiger partial charge in [-0.25, -0.2) is 0 Å². The summed E-state index contributed by atoms with van der Waals surface area (Å²) in [4.78, 5) is 13.4. The minimum atomic E-state index is 0.0618. The van der Waals surface area contributed by atoms with Gasteiger partial charge in [0.2, 0.25) is 5.91 Å². The highest BCUT2D eigenvalue weighted by Crippen LogP contribution is 2.28. The molecule has 0 aliphatic carbocycles. The monoisotopic (exact) mass is 352 g/mol. The van der Waals surface area contributed by atoms with E-state index in [1.54, 1.807) is 6.92 Å². The summed E-state index contributed by atoms with van der Waals surface area (Å²) >= 11 is 6.36. The number of nitrogens with zero attached hydrogens (tertiary/aromatic N) is 1. The molecule has 1 amide bonds. The number of ether oxygens (including phenoxy) is 1. The van der Waals surface area contributed by atoms with Crippen molar-refractivity contribution < 1.29 is 9.53 Å². The van der Waals surface area contributed by atoms with Crippen LogP contribution in [0.2, 0.25) is 5.02 Å². The maximum atomic E-state index is 11.0. The van der Waals surface area contributed by atoms with E-state index in [-0.39, 0.29) is 12.0 Å². The molecule has 1 aliphatic heterocycles. The van der Waals surface area contributed by atoms with Crippen LogP contribution >= 0.6 is 11.6 Å². The predicted molar refractivity (Wildman–Crippen MR) is 98.5 cm³/mol. The standard InChI is InChI=1S/C19H29ClN2O2/c1-4-14(2)24-19-6-5-17(11-18(19)20)13-22-9-7-16(8-10-22)12-21-15(3)23/h5-6,11,14,16H,4,7-10,12-13H2,1-3H3,(H,21,23). The summed E-state index contributed by atoms with van der Waals surface area (Å²) < 4.78 is 5.82. The van der Waals surface area contributed by atoms with Crippen molar-refractivity contribution in [1.29, 1.82) is 0 Å². The van der Waals surface area contributed by atoms with E-state index in [0.29, 0.717) is 10.9 Å². The van der Waals surface area contributed by atoms with Crippen LogP contribution in [0.3, 0.4) is 0 Å². The lowest BCUT2D eigenvalue weighted by Crippen LogP contribution is -2.37. The van der Waals surface area contributed by atoms with Crippen LogP contribution in [-0.4, -0.2) is 36.5 Å². The van der Waals surface area contributed by atoms with Gasteiger partial charge >= 0.3 is 0 Å². The average Bonchev–Trinajstić information content (AvgIpc) is 2.56. The normalized spacial score (nSPS) is 17.5. The number of benzene rings is 1. The number of nitrogens with one attached hydrogen (secondary N) is 1. The fourth-order valence-corrected chi connectivity index (χ4v) is 3.18. The lowest BCUT2D eigenvalue weighted by Gasteiger charge is -2.32. The molecule has 134 valence electrons. The zero-order valence-electron chi connectivity index (χ0n) is 15.0. The first kappa shape index (κ1) is 19.1. The Morgan fingerprint density at radius 2 is 2.12 bits per heavy atom. The Kier molecular flexibility index (Phi) is 7.38. The molecule has 0 radical (unpaired) electrons. The molecule has 1 heterocycles. The Morgan fingerprint density at radius 1 is 1.42 bits per heavy atom. The minimum Gasteiger partial charge on any atom is -0.489 e. The molecule has 1 atom stereocenters. The highest BCUT2D eigenvalue weighted by molar-refractivity contribution is 6.32. The largest absolute Gasteiger partial charge is 0.489 e. The van der Waals surface area contributed by atoms with E-state index in [0.717, 1.165) is 51.2 Å². The van der Waals surface area contributed by atoms with Crippen molar-refractivity contribution in [2.75, 3.05) is 19.6 Å². The van der Waals surface area contributed by atoms with Gasteiger partial charge in [-0.3, -0.25) is 9.69 Å². The van der Waals surface area contributed by atoms with Gasteiger partial charge in [0.1, 0.15) is 5.75 Å². The molecule has 4 nitrogen and oxygen atoms in total. The van der Waals surface area contributed by atoms with Crippen molar-refractivity contribution in [3.8, 4) is 5.75 Å². The molecular weight excluding hydrogens is 324 g/mol.